The molecule has 1 aliphatic heterocycles. The van der Waals surface area contributed by atoms with Crippen LogP contribution in [0.2, 0.25) is 0 Å². The minimum Gasteiger partial charge on any atom is -0.340 e. The van der Waals surface area contributed by atoms with E-state index in [1.165, 1.54) is 12.3 Å². The van der Waals surface area contributed by atoms with Gasteiger partial charge in [0.2, 0.25) is 5.91 Å². The molecule has 0 aliphatic carbocycles. The zero-order chi connectivity index (χ0) is 23.6. The van der Waals surface area contributed by atoms with Gasteiger partial charge in [-0.1, -0.05) is 0 Å². The number of pyridine rings is 2. The quantitative estimate of drug-likeness (QED) is 0.593. The van der Waals surface area contributed by atoms with E-state index in [9.17, 15) is 13.6 Å². The van der Waals surface area contributed by atoms with Gasteiger partial charge in [0.05, 0.1) is 5.69 Å². The van der Waals surface area contributed by atoms with E-state index in [-0.39, 0.29) is 23.6 Å². The van der Waals surface area contributed by atoms with Crippen molar-refractivity contribution in [2.45, 2.75) is 51.5 Å². The number of piperidine rings is 1. The maximum atomic E-state index is 13.7. The Balaban J connectivity index is 1.71. The van der Waals surface area contributed by atoms with Crippen LogP contribution in [0.1, 0.15) is 51.0 Å². The van der Waals surface area contributed by atoms with Crippen molar-refractivity contribution in [2.24, 2.45) is 0 Å². The van der Waals surface area contributed by atoms with E-state index in [1.807, 2.05) is 24.0 Å². The molecule has 33 heavy (non-hydrogen) atoms. The lowest BCUT2D eigenvalue weighted by atomic mass is 9.92. The summed E-state index contributed by atoms with van der Waals surface area (Å²) in [4.78, 5) is 31.4. The van der Waals surface area contributed by atoms with Crippen molar-refractivity contribution >= 4 is 17.4 Å². The van der Waals surface area contributed by atoms with Gasteiger partial charge in [0, 0.05) is 68.3 Å². The highest BCUT2D eigenvalue weighted by Gasteiger charge is 2.30. The van der Waals surface area contributed by atoms with Crippen LogP contribution in [-0.4, -0.2) is 43.3 Å². The first-order valence-corrected chi connectivity index (χ1v) is 10.9. The van der Waals surface area contributed by atoms with Crippen molar-refractivity contribution in [1.82, 2.24) is 24.8 Å². The average molecular weight is 453 g/mol. The van der Waals surface area contributed by atoms with Gasteiger partial charge in [-0.3, -0.25) is 14.8 Å². The molecule has 2 atom stereocenters. The highest BCUT2D eigenvalue weighted by atomic mass is 19.3. The van der Waals surface area contributed by atoms with E-state index >= 15 is 0 Å². The third-order valence-electron chi connectivity index (χ3n) is 5.83. The SMILES string of the molecule is CC(=O)N1C[C@H](c2nc(Nc3ccnc(C(C)(F)F)c3)cc(-c3cccnc3)n2)CC[C@@H]1C. The second-order valence-electron chi connectivity index (χ2n) is 8.48. The van der Waals surface area contributed by atoms with Crippen LogP contribution >= 0.6 is 0 Å². The summed E-state index contributed by atoms with van der Waals surface area (Å²) in [5.41, 5.74) is 1.60. The maximum absolute atomic E-state index is 13.7. The Labute approximate surface area is 191 Å². The zero-order valence-electron chi connectivity index (χ0n) is 18.8. The molecule has 0 saturated carbocycles. The van der Waals surface area contributed by atoms with Crippen LogP contribution < -0.4 is 5.32 Å². The molecule has 3 aromatic heterocycles. The van der Waals surface area contributed by atoms with Gasteiger partial charge in [0.25, 0.3) is 5.92 Å². The number of likely N-dealkylation sites (tertiary alicyclic amines) is 1. The summed E-state index contributed by atoms with van der Waals surface area (Å²) in [6.07, 6.45) is 6.44. The third kappa shape index (κ3) is 5.30. The fraction of sp³-hybridized carbons (Fsp3) is 0.375. The summed E-state index contributed by atoms with van der Waals surface area (Å²) in [6.45, 7) is 4.96. The molecule has 0 bridgehead atoms. The van der Waals surface area contributed by atoms with Gasteiger partial charge in [0.15, 0.2) is 0 Å². The van der Waals surface area contributed by atoms with Gasteiger partial charge in [-0.15, -0.1) is 0 Å². The predicted molar refractivity (Wildman–Crippen MR) is 121 cm³/mol. The molecule has 9 heteroatoms. The van der Waals surface area contributed by atoms with Gasteiger partial charge in [-0.2, -0.15) is 8.78 Å². The molecular weight excluding hydrogens is 426 g/mol. The van der Waals surface area contributed by atoms with Gasteiger partial charge in [-0.25, -0.2) is 9.97 Å². The van der Waals surface area contributed by atoms with Crippen molar-refractivity contribution in [2.75, 3.05) is 11.9 Å². The Morgan fingerprint density at radius 1 is 1.18 bits per heavy atom. The fourth-order valence-electron chi connectivity index (χ4n) is 4.03. The van der Waals surface area contributed by atoms with E-state index in [1.54, 1.807) is 31.5 Å². The van der Waals surface area contributed by atoms with E-state index in [2.05, 4.69) is 15.3 Å². The number of alkyl halides is 2. The van der Waals surface area contributed by atoms with Crippen LogP contribution in [0.4, 0.5) is 20.3 Å². The number of rotatable bonds is 5. The molecule has 0 aromatic carbocycles. The van der Waals surface area contributed by atoms with Gasteiger partial charge in [0.1, 0.15) is 17.3 Å². The molecular formula is C24H26F2N6O. The molecule has 3 aromatic rings. The number of carbonyl (C=O) groups is 1. The molecule has 1 saturated heterocycles. The first kappa shape index (κ1) is 22.7. The predicted octanol–water partition coefficient (Wildman–Crippen LogP) is 4.90. The lowest BCUT2D eigenvalue weighted by Gasteiger charge is -2.37. The van der Waals surface area contributed by atoms with Crippen molar-refractivity contribution in [1.29, 1.82) is 0 Å². The van der Waals surface area contributed by atoms with Crippen LogP contribution in [-0.2, 0) is 10.7 Å². The number of amides is 1. The Morgan fingerprint density at radius 3 is 2.70 bits per heavy atom. The number of hydrogen-bond acceptors (Lipinski definition) is 6. The second-order valence-corrected chi connectivity index (χ2v) is 8.48. The average Bonchev–Trinajstić information content (AvgIpc) is 2.79. The van der Waals surface area contributed by atoms with E-state index in [4.69, 9.17) is 9.97 Å². The molecule has 0 spiro atoms. The van der Waals surface area contributed by atoms with Gasteiger partial charge >= 0.3 is 0 Å². The fourth-order valence-corrected chi connectivity index (χ4v) is 4.03. The first-order valence-electron chi connectivity index (χ1n) is 10.9. The smallest absolute Gasteiger partial charge is 0.287 e. The molecule has 0 radical (unpaired) electrons. The van der Waals surface area contributed by atoms with Crippen LogP contribution in [0.15, 0.2) is 48.9 Å². The summed E-state index contributed by atoms with van der Waals surface area (Å²) >= 11 is 0. The lowest BCUT2D eigenvalue weighted by Crippen LogP contribution is -2.44. The second kappa shape index (κ2) is 9.17. The van der Waals surface area contributed by atoms with E-state index in [0.717, 1.165) is 25.3 Å². The molecule has 4 rings (SSSR count). The molecule has 1 fully saturated rings. The van der Waals surface area contributed by atoms with E-state index in [0.29, 0.717) is 29.6 Å². The highest BCUT2D eigenvalue weighted by Crippen LogP contribution is 2.32. The molecule has 7 nitrogen and oxygen atoms in total. The standard InChI is InChI=1S/C24H26F2N6O/c1-15-6-7-18(14-32(15)16(2)33)23-30-20(17-5-4-9-27-13-17)12-22(31-23)29-19-8-10-28-21(11-19)24(3,25)26/h4-5,8-13,15,18H,6-7,14H2,1-3H3,(H,28,29,30,31)/t15-,18+/m0/s1. The number of aromatic nitrogens is 4. The summed E-state index contributed by atoms with van der Waals surface area (Å²) in [5, 5.41) is 3.12. The molecule has 1 amide bonds. The van der Waals surface area contributed by atoms with Gasteiger partial charge in [-0.05, 0) is 44.0 Å². The Kier molecular flexibility index (Phi) is 6.31. The number of hydrogen-bond donors (Lipinski definition) is 1. The maximum Gasteiger partial charge on any atom is 0.287 e. The molecule has 1 aliphatic rings. The van der Waals surface area contributed by atoms with Crippen molar-refractivity contribution in [3.8, 4) is 11.3 Å². The summed E-state index contributed by atoms with van der Waals surface area (Å²) in [5.74, 6) is -1.98. The Hall–Kier alpha value is -3.49. The molecule has 1 N–H and O–H groups in total. The van der Waals surface area contributed by atoms with Crippen molar-refractivity contribution in [3.05, 3.63) is 60.4 Å². The largest absolute Gasteiger partial charge is 0.340 e. The number of nitrogens with one attached hydrogen (secondary N) is 1. The first-order chi connectivity index (χ1) is 15.7. The number of carbonyl (C=O) groups excluding carboxylic acids is 1. The van der Waals surface area contributed by atoms with Gasteiger partial charge < -0.3 is 10.2 Å². The minimum atomic E-state index is -3.05. The molecule has 0 unspecified atom stereocenters. The Bertz CT molecular complexity index is 1140. The van der Waals surface area contributed by atoms with Crippen molar-refractivity contribution in [3.63, 3.8) is 0 Å². The number of halogens is 2. The van der Waals surface area contributed by atoms with Crippen LogP contribution in [0.25, 0.3) is 11.3 Å². The monoisotopic (exact) mass is 452 g/mol. The molecule has 4 heterocycles. The lowest BCUT2D eigenvalue weighted by molar-refractivity contribution is -0.132. The zero-order valence-corrected chi connectivity index (χ0v) is 18.8. The minimum absolute atomic E-state index is 0.0266. The topological polar surface area (TPSA) is 83.9 Å². The molecule has 172 valence electrons. The van der Waals surface area contributed by atoms with Crippen LogP contribution in [0, 0.1) is 0 Å². The van der Waals surface area contributed by atoms with Crippen LogP contribution in [0.5, 0.6) is 0 Å². The number of anilines is 2. The normalized spacial score (nSPS) is 18.8. The highest BCUT2D eigenvalue weighted by molar-refractivity contribution is 5.73. The van der Waals surface area contributed by atoms with E-state index < -0.39 is 5.92 Å². The van der Waals surface area contributed by atoms with Crippen molar-refractivity contribution < 1.29 is 13.6 Å². The Morgan fingerprint density at radius 2 is 2.00 bits per heavy atom. The number of nitrogens with zero attached hydrogens (tertiary/aromatic N) is 5. The van der Waals surface area contributed by atoms with Crippen LogP contribution in [0.3, 0.4) is 0 Å². The summed E-state index contributed by atoms with van der Waals surface area (Å²) < 4.78 is 27.5. The summed E-state index contributed by atoms with van der Waals surface area (Å²) in [7, 11) is 0. The summed E-state index contributed by atoms with van der Waals surface area (Å²) in [6, 6.07) is 8.58. The third-order valence-corrected chi connectivity index (χ3v) is 5.83.